The van der Waals surface area contributed by atoms with Crippen molar-refractivity contribution in [3.63, 3.8) is 0 Å². The van der Waals surface area contributed by atoms with Crippen molar-refractivity contribution in [3.8, 4) is 0 Å². The zero-order valence-electron chi connectivity index (χ0n) is 11.6. The van der Waals surface area contributed by atoms with Gasteiger partial charge in [0.2, 0.25) is 0 Å². The third-order valence-electron chi connectivity index (χ3n) is 3.41. The van der Waals surface area contributed by atoms with Crippen LogP contribution in [0.4, 0.5) is 5.69 Å². The molecule has 2 atom stereocenters. The highest BCUT2D eigenvalue weighted by Gasteiger charge is 2.23. The number of hydrogen-bond donors (Lipinski definition) is 1. The van der Waals surface area contributed by atoms with Gasteiger partial charge in [-0.25, -0.2) is 0 Å². The van der Waals surface area contributed by atoms with Crippen LogP contribution >= 0.6 is 0 Å². The van der Waals surface area contributed by atoms with E-state index in [0.29, 0.717) is 18.8 Å². The van der Waals surface area contributed by atoms with Crippen LogP contribution in [0.2, 0.25) is 0 Å². The molecule has 3 heteroatoms. The van der Waals surface area contributed by atoms with Gasteiger partial charge in [-0.05, 0) is 45.4 Å². The van der Waals surface area contributed by atoms with Crippen LogP contribution in [-0.2, 0) is 11.2 Å². The van der Waals surface area contributed by atoms with Crippen molar-refractivity contribution in [3.05, 3.63) is 29.3 Å². The summed E-state index contributed by atoms with van der Waals surface area (Å²) in [6.07, 6.45) is 1.53. The molecule has 1 aliphatic heterocycles. The third-order valence-corrected chi connectivity index (χ3v) is 3.41. The van der Waals surface area contributed by atoms with E-state index in [1.165, 1.54) is 16.8 Å². The molecule has 3 nitrogen and oxygen atoms in total. The number of ether oxygens (including phenoxy) is 1. The highest BCUT2D eigenvalue weighted by molar-refractivity contribution is 5.55. The van der Waals surface area contributed by atoms with E-state index in [-0.39, 0.29) is 0 Å². The van der Waals surface area contributed by atoms with E-state index < -0.39 is 0 Å². The van der Waals surface area contributed by atoms with Crippen LogP contribution in [0.1, 0.15) is 25.0 Å². The second-order valence-corrected chi connectivity index (χ2v) is 5.33. The third kappa shape index (κ3) is 3.03. The first kappa shape index (κ1) is 13.4. The van der Waals surface area contributed by atoms with Crippen LogP contribution in [0, 0.1) is 6.92 Å². The van der Waals surface area contributed by atoms with Gasteiger partial charge >= 0.3 is 0 Å². The minimum Gasteiger partial charge on any atom is -0.372 e. The van der Waals surface area contributed by atoms with Crippen LogP contribution in [0.25, 0.3) is 0 Å². The summed E-state index contributed by atoms with van der Waals surface area (Å²) in [7, 11) is 0. The van der Waals surface area contributed by atoms with Gasteiger partial charge in [-0.1, -0.05) is 17.7 Å². The smallest absolute Gasteiger partial charge is 0.0726 e. The Labute approximate surface area is 110 Å². The standard InChI is InChI=1S/C15H24N2O/c1-11-4-5-15(14(8-11)6-7-16)17-9-12(2)18-13(3)10-17/h4-5,8,12-13H,6-7,9-10,16H2,1-3H3/t12-,13+. The number of nitrogens with zero attached hydrogens (tertiary/aromatic N) is 1. The predicted molar refractivity (Wildman–Crippen MR) is 76.2 cm³/mol. The maximum atomic E-state index is 5.80. The molecule has 1 aromatic carbocycles. The van der Waals surface area contributed by atoms with Crippen molar-refractivity contribution in [2.75, 3.05) is 24.5 Å². The summed E-state index contributed by atoms with van der Waals surface area (Å²) < 4.78 is 5.80. The van der Waals surface area contributed by atoms with E-state index in [1.807, 2.05) is 0 Å². The van der Waals surface area contributed by atoms with Crippen molar-refractivity contribution in [2.24, 2.45) is 5.73 Å². The van der Waals surface area contributed by atoms with E-state index in [2.05, 4.69) is 43.9 Å². The van der Waals surface area contributed by atoms with Crippen molar-refractivity contribution < 1.29 is 4.74 Å². The average molecular weight is 248 g/mol. The maximum absolute atomic E-state index is 5.80. The maximum Gasteiger partial charge on any atom is 0.0726 e. The molecule has 0 spiro atoms. The summed E-state index contributed by atoms with van der Waals surface area (Å²) in [6.45, 7) is 9.04. The van der Waals surface area contributed by atoms with Crippen LogP contribution in [-0.4, -0.2) is 31.8 Å². The minimum atomic E-state index is 0.292. The summed E-state index contributed by atoms with van der Waals surface area (Å²) >= 11 is 0. The largest absolute Gasteiger partial charge is 0.372 e. The van der Waals surface area contributed by atoms with Crippen LogP contribution in [0.5, 0.6) is 0 Å². The first-order valence-electron chi connectivity index (χ1n) is 6.80. The van der Waals surface area contributed by atoms with Crippen molar-refractivity contribution in [1.82, 2.24) is 0 Å². The molecule has 0 aromatic heterocycles. The monoisotopic (exact) mass is 248 g/mol. The van der Waals surface area contributed by atoms with E-state index in [9.17, 15) is 0 Å². The number of hydrogen-bond acceptors (Lipinski definition) is 3. The van der Waals surface area contributed by atoms with E-state index in [4.69, 9.17) is 10.5 Å². The summed E-state index contributed by atoms with van der Waals surface area (Å²) in [5.41, 5.74) is 9.71. The van der Waals surface area contributed by atoms with Gasteiger partial charge in [-0.2, -0.15) is 0 Å². The first-order valence-corrected chi connectivity index (χ1v) is 6.80. The van der Waals surface area contributed by atoms with Crippen LogP contribution in [0.15, 0.2) is 18.2 Å². The molecule has 1 aromatic rings. The zero-order valence-corrected chi connectivity index (χ0v) is 11.6. The second kappa shape index (κ2) is 5.72. The molecular formula is C15H24N2O. The first-order chi connectivity index (χ1) is 8.60. The Kier molecular flexibility index (Phi) is 4.25. The average Bonchev–Trinajstić information content (AvgIpc) is 2.28. The summed E-state index contributed by atoms with van der Waals surface area (Å²) in [6, 6.07) is 6.66. The number of morpholine rings is 1. The minimum absolute atomic E-state index is 0.292. The molecule has 1 fully saturated rings. The van der Waals surface area contributed by atoms with Crippen molar-refractivity contribution in [1.29, 1.82) is 0 Å². The lowest BCUT2D eigenvalue weighted by molar-refractivity contribution is -0.00525. The molecule has 0 saturated carbocycles. The number of anilines is 1. The van der Waals surface area contributed by atoms with Gasteiger partial charge in [0.25, 0.3) is 0 Å². The van der Waals surface area contributed by atoms with Crippen LogP contribution in [0.3, 0.4) is 0 Å². The Morgan fingerprint density at radius 3 is 2.56 bits per heavy atom. The number of rotatable bonds is 3. The molecule has 0 aliphatic carbocycles. The Morgan fingerprint density at radius 2 is 1.94 bits per heavy atom. The fraction of sp³-hybridized carbons (Fsp3) is 0.600. The number of aryl methyl sites for hydroxylation is 1. The molecule has 18 heavy (non-hydrogen) atoms. The van der Waals surface area contributed by atoms with E-state index in [0.717, 1.165) is 19.5 Å². The van der Waals surface area contributed by atoms with Gasteiger partial charge in [0.15, 0.2) is 0 Å². The second-order valence-electron chi connectivity index (χ2n) is 5.33. The topological polar surface area (TPSA) is 38.5 Å². The summed E-state index contributed by atoms with van der Waals surface area (Å²) in [5.74, 6) is 0. The lowest BCUT2D eigenvalue weighted by Crippen LogP contribution is -2.45. The fourth-order valence-corrected chi connectivity index (χ4v) is 2.75. The quantitative estimate of drug-likeness (QED) is 0.890. The molecular weight excluding hydrogens is 224 g/mol. The Balaban J connectivity index is 2.25. The molecule has 1 saturated heterocycles. The van der Waals surface area contributed by atoms with Crippen molar-refractivity contribution in [2.45, 2.75) is 39.4 Å². The molecule has 1 heterocycles. The Hall–Kier alpha value is -1.06. The fourth-order valence-electron chi connectivity index (χ4n) is 2.75. The zero-order chi connectivity index (χ0) is 13.1. The number of benzene rings is 1. The van der Waals surface area contributed by atoms with Gasteiger partial charge in [0, 0.05) is 18.8 Å². The van der Waals surface area contributed by atoms with E-state index >= 15 is 0 Å². The summed E-state index contributed by atoms with van der Waals surface area (Å²) in [4.78, 5) is 2.43. The molecule has 2 N–H and O–H groups in total. The predicted octanol–water partition coefficient (Wildman–Crippen LogP) is 2.11. The van der Waals surface area contributed by atoms with Gasteiger partial charge in [-0.3, -0.25) is 0 Å². The SMILES string of the molecule is Cc1ccc(N2C[C@@H](C)O[C@@H](C)C2)c(CCN)c1. The summed E-state index contributed by atoms with van der Waals surface area (Å²) in [5, 5.41) is 0. The van der Waals surface area contributed by atoms with Gasteiger partial charge in [0.1, 0.15) is 0 Å². The van der Waals surface area contributed by atoms with Crippen molar-refractivity contribution >= 4 is 5.69 Å². The van der Waals surface area contributed by atoms with Gasteiger partial charge < -0.3 is 15.4 Å². The lowest BCUT2D eigenvalue weighted by atomic mass is 10.0. The highest BCUT2D eigenvalue weighted by Crippen LogP contribution is 2.25. The van der Waals surface area contributed by atoms with E-state index in [1.54, 1.807) is 0 Å². The highest BCUT2D eigenvalue weighted by atomic mass is 16.5. The molecule has 2 rings (SSSR count). The molecule has 0 radical (unpaired) electrons. The Bertz CT molecular complexity index is 395. The lowest BCUT2D eigenvalue weighted by Gasteiger charge is -2.38. The molecule has 100 valence electrons. The molecule has 0 unspecified atom stereocenters. The number of nitrogens with two attached hydrogens (primary N) is 1. The van der Waals surface area contributed by atoms with Crippen LogP contribution < -0.4 is 10.6 Å². The molecule has 0 bridgehead atoms. The Morgan fingerprint density at radius 1 is 1.28 bits per heavy atom. The molecule has 0 amide bonds. The molecule has 1 aliphatic rings. The normalized spacial score (nSPS) is 24.3. The van der Waals surface area contributed by atoms with Gasteiger partial charge in [0.05, 0.1) is 12.2 Å². The van der Waals surface area contributed by atoms with Gasteiger partial charge in [-0.15, -0.1) is 0 Å².